The molecule has 0 spiro atoms. The summed E-state index contributed by atoms with van der Waals surface area (Å²) in [5.74, 6) is 0.0611. The fourth-order valence-corrected chi connectivity index (χ4v) is 7.71. The van der Waals surface area contributed by atoms with Crippen molar-refractivity contribution in [3.8, 4) is 0 Å². The first-order chi connectivity index (χ1) is 21.3. The Bertz CT molecular complexity index is 1010. The van der Waals surface area contributed by atoms with Gasteiger partial charge in [-0.3, -0.25) is 15.0 Å². The van der Waals surface area contributed by atoms with Gasteiger partial charge in [0.25, 0.3) is 5.96 Å². The van der Waals surface area contributed by atoms with Crippen molar-refractivity contribution < 1.29 is 23.9 Å². The summed E-state index contributed by atoms with van der Waals surface area (Å²) in [5.41, 5.74) is 1.59. The van der Waals surface area contributed by atoms with Crippen LogP contribution in [0.15, 0.2) is 0 Å². The molecule has 0 aromatic carbocycles. The van der Waals surface area contributed by atoms with Crippen LogP contribution in [0.4, 0.5) is 0 Å². The Kier molecular flexibility index (Phi) is 14.0. The highest BCUT2D eigenvalue weighted by atomic mass is 16.7. The molecule has 12 nitrogen and oxygen atoms in total. The van der Waals surface area contributed by atoms with Crippen LogP contribution in [0, 0.1) is 38.7 Å². The van der Waals surface area contributed by atoms with Gasteiger partial charge < -0.3 is 25.3 Å². The maximum Gasteiger partial charge on any atom is 0.481 e. The molecule has 0 unspecified atom stereocenters. The van der Waals surface area contributed by atoms with Gasteiger partial charge in [0.05, 0.1) is 17.6 Å². The third kappa shape index (κ3) is 10.3. The molecule has 13 heteroatoms. The molecule has 2 amide bonds. The Balaban J connectivity index is 1.59. The maximum absolute atomic E-state index is 13.8. The summed E-state index contributed by atoms with van der Waals surface area (Å²) in [6, 6.07) is -0.785. The highest BCUT2D eigenvalue weighted by Crippen LogP contribution is 2.65. The second kappa shape index (κ2) is 16.9. The van der Waals surface area contributed by atoms with E-state index in [1.165, 1.54) is 32.1 Å². The molecule has 45 heavy (non-hydrogen) atoms. The molecule has 4 fully saturated rings. The molecule has 6 atom stereocenters. The number of nitro groups is 1. The van der Waals surface area contributed by atoms with E-state index in [9.17, 15) is 19.7 Å². The molecular formula is C32H59BN6O6. The summed E-state index contributed by atoms with van der Waals surface area (Å²) in [6.07, 6.45) is 12.9. The topological polar surface area (TPSA) is 168 Å². The Morgan fingerprint density at radius 2 is 1.69 bits per heavy atom. The number of amides is 2. The van der Waals surface area contributed by atoms with Crippen molar-refractivity contribution in [2.45, 2.75) is 155 Å². The Morgan fingerprint density at radius 1 is 1.02 bits per heavy atom. The number of rotatable bonds is 20. The van der Waals surface area contributed by atoms with E-state index in [-0.39, 0.29) is 47.3 Å². The number of guanidine groups is 1. The van der Waals surface area contributed by atoms with E-state index in [2.05, 4.69) is 57.5 Å². The van der Waals surface area contributed by atoms with E-state index < -0.39 is 24.2 Å². The number of carbonyl (C=O) groups is 2. The summed E-state index contributed by atoms with van der Waals surface area (Å²) in [7, 11) is -0.564. The monoisotopic (exact) mass is 634 g/mol. The van der Waals surface area contributed by atoms with Gasteiger partial charge in [0.15, 0.2) is 5.03 Å². The highest BCUT2D eigenvalue weighted by Gasteiger charge is 2.68. The number of hydrogen-bond donors (Lipinski definition) is 5. The van der Waals surface area contributed by atoms with Gasteiger partial charge in [-0.15, -0.1) is 0 Å². The van der Waals surface area contributed by atoms with Crippen LogP contribution in [-0.4, -0.2) is 60.2 Å². The lowest BCUT2D eigenvalue weighted by molar-refractivity contribution is -0.525. The molecule has 1 aliphatic heterocycles. The van der Waals surface area contributed by atoms with Crippen molar-refractivity contribution in [3.05, 3.63) is 10.1 Å². The van der Waals surface area contributed by atoms with Gasteiger partial charge in [0.2, 0.25) is 11.8 Å². The third-order valence-electron chi connectivity index (χ3n) is 10.4. The third-order valence-corrected chi connectivity index (χ3v) is 10.4. The average Bonchev–Trinajstić information content (AvgIpc) is 3.32. The predicted octanol–water partition coefficient (Wildman–Crippen LogP) is 4.89. The van der Waals surface area contributed by atoms with Crippen molar-refractivity contribution in [2.24, 2.45) is 23.2 Å². The second-order valence-corrected chi connectivity index (χ2v) is 14.7. The van der Waals surface area contributed by atoms with Gasteiger partial charge in [-0.1, -0.05) is 85.0 Å². The Labute approximate surface area is 270 Å². The predicted molar refractivity (Wildman–Crippen MR) is 176 cm³/mol. The molecule has 256 valence electrons. The number of hydrazine groups is 1. The summed E-state index contributed by atoms with van der Waals surface area (Å²) >= 11 is 0. The molecule has 4 rings (SSSR count). The van der Waals surface area contributed by atoms with Gasteiger partial charge in [-0.2, -0.15) is 0 Å². The molecule has 5 N–H and O–H groups in total. The van der Waals surface area contributed by atoms with Crippen LogP contribution in [0.5, 0.6) is 0 Å². The number of carbonyl (C=O) groups excluding carboxylic acids is 2. The number of nitrogens with one attached hydrogen (secondary N) is 5. The van der Waals surface area contributed by atoms with E-state index in [1.807, 2.05) is 0 Å². The zero-order valence-electron chi connectivity index (χ0n) is 28.5. The van der Waals surface area contributed by atoms with Gasteiger partial charge in [-0.05, 0) is 68.6 Å². The minimum absolute atomic E-state index is 0.00199. The van der Waals surface area contributed by atoms with E-state index in [4.69, 9.17) is 14.7 Å². The number of hydrogen-bond acceptors (Lipinski definition) is 7. The zero-order valence-corrected chi connectivity index (χ0v) is 28.5. The summed E-state index contributed by atoms with van der Waals surface area (Å²) in [6.45, 7) is 13.5. The average molecular weight is 635 g/mol. The van der Waals surface area contributed by atoms with Crippen molar-refractivity contribution in [2.75, 3.05) is 6.54 Å². The summed E-state index contributed by atoms with van der Waals surface area (Å²) in [5, 5.41) is 26.1. The van der Waals surface area contributed by atoms with Crippen molar-refractivity contribution in [3.63, 3.8) is 0 Å². The first-order valence-corrected chi connectivity index (χ1v) is 17.4. The Hall–Kier alpha value is -2.41. The number of nitrogens with zero attached hydrogens (tertiary/aromatic N) is 1. The fraction of sp³-hybridized carbons (Fsp3) is 0.906. The molecule has 3 aliphatic carbocycles. The molecule has 0 aromatic heterocycles. The van der Waals surface area contributed by atoms with Crippen LogP contribution in [0.1, 0.15) is 131 Å². The van der Waals surface area contributed by atoms with Crippen LogP contribution in [0.25, 0.3) is 0 Å². The smallest absolute Gasteiger partial charge is 0.404 e. The van der Waals surface area contributed by atoms with Crippen molar-refractivity contribution >= 4 is 24.9 Å². The van der Waals surface area contributed by atoms with Crippen molar-refractivity contribution in [1.29, 1.82) is 5.41 Å². The molecule has 2 bridgehead atoms. The lowest BCUT2D eigenvalue weighted by Gasteiger charge is -2.64. The second-order valence-electron chi connectivity index (χ2n) is 14.7. The standard InChI is InChI=1S/C32H59BN6O6/c1-7-8-9-10-11-12-13-14-17-28(40)36-24(16-15-18-35-30(34)38-39(42)43)29(41)37-27(19-22(2)3)33-44-26-21-23-20-25(31(23,4)5)32(26,6)45-33/h22-27H,7-21H2,1-6H3,(H,36,40)(H,37,41)(H3,34,35,38)/t23-,24-,25-,26+,27-,32-/m0/s1. The van der Waals surface area contributed by atoms with Gasteiger partial charge in [0.1, 0.15) is 6.04 Å². The molecule has 4 aliphatic rings. The van der Waals surface area contributed by atoms with Crippen molar-refractivity contribution in [1.82, 2.24) is 21.4 Å². The molecule has 3 saturated carbocycles. The minimum atomic E-state index is -0.806. The molecule has 1 saturated heterocycles. The minimum Gasteiger partial charge on any atom is -0.404 e. The number of unbranched alkanes of at least 4 members (excludes halogenated alkanes) is 7. The SMILES string of the molecule is CCCCCCCCCCC(=O)N[C@@H](CCCNC(=N)N[N+](=O)[O-])C(=O)N[C@@H](CC(C)C)B1O[C@@H]2C[C@@H]3C[C@@H](C3(C)C)[C@]2(C)O1. The fourth-order valence-electron chi connectivity index (χ4n) is 7.71. The zero-order chi connectivity index (χ0) is 33.2. The van der Waals surface area contributed by atoms with Crippen LogP contribution < -0.4 is 21.4 Å². The largest absolute Gasteiger partial charge is 0.481 e. The lowest BCUT2D eigenvalue weighted by Crippen LogP contribution is -2.65. The quantitative estimate of drug-likeness (QED) is 0.0315. The van der Waals surface area contributed by atoms with Gasteiger partial charge >= 0.3 is 7.12 Å². The molecular weight excluding hydrogens is 575 g/mol. The Morgan fingerprint density at radius 3 is 2.31 bits per heavy atom. The van der Waals surface area contributed by atoms with E-state index in [0.29, 0.717) is 37.5 Å². The normalized spacial score (nSPS) is 25.9. The highest BCUT2D eigenvalue weighted by molar-refractivity contribution is 6.48. The van der Waals surface area contributed by atoms with Crippen LogP contribution in [0.3, 0.4) is 0 Å². The van der Waals surface area contributed by atoms with Gasteiger partial charge in [0, 0.05) is 13.0 Å². The van der Waals surface area contributed by atoms with E-state index in [1.54, 1.807) is 5.43 Å². The summed E-state index contributed by atoms with van der Waals surface area (Å²) in [4.78, 5) is 37.3. The lowest BCUT2D eigenvalue weighted by atomic mass is 9.43. The first kappa shape index (κ1) is 37.1. The first-order valence-electron chi connectivity index (χ1n) is 17.4. The maximum atomic E-state index is 13.8. The summed E-state index contributed by atoms with van der Waals surface area (Å²) < 4.78 is 13.2. The van der Waals surface area contributed by atoms with Crippen LogP contribution >= 0.6 is 0 Å². The van der Waals surface area contributed by atoms with Crippen LogP contribution in [0.2, 0.25) is 0 Å². The van der Waals surface area contributed by atoms with E-state index in [0.717, 1.165) is 32.1 Å². The van der Waals surface area contributed by atoms with E-state index >= 15 is 0 Å². The van der Waals surface area contributed by atoms with Crippen LogP contribution in [-0.2, 0) is 18.9 Å². The molecule has 0 aromatic rings. The van der Waals surface area contributed by atoms with Gasteiger partial charge in [-0.25, -0.2) is 10.1 Å². The molecule has 0 radical (unpaired) electrons. The molecule has 1 heterocycles.